The van der Waals surface area contributed by atoms with Crippen molar-refractivity contribution in [1.82, 2.24) is 5.01 Å². The lowest BCUT2D eigenvalue weighted by atomic mass is 10.1. The molecule has 126 valence electrons. The van der Waals surface area contributed by atoms with Gasteiger partial charge in [-0.05, 0) is 24.6 Å². The van der Waals surface area contributed by atoms with Gasteiger partial charge in [0.1, 0.15) is 0 Å². The number of hydrogen-bond donors (Lipinski definition) is 1. The Balaban J connectivity index is 1.98. The van der Waals surface area contributed by atoms with Gasteiger partial charge >= 0.3 is 6.18 Å². The van der Waals surface area contributed by atoms with Gasteiger partial charge in [-0.2, -0.15) is 23.3 Å². The van der Waals surface area contributed by atoms with Crippen LogP contribution >= 0.6 is 27.7 Å². The lowest BCUT2D eigenvalue weighted by molar-refractivity contribution is -0.301. The highest BCUT2D eigenvalue weighted by molar-refractivity contribution is 9.10. The number of aliphatic hydroxyl groups is 1. The maximum atomic E-state index is 13.0. The minimum Gasteiger partial charge on any atom is -0.362 e. The molecule has 0 radical (unpaired) electrons. The van der Waals surface area contributed by atoms with Crippen LogP contribution in [-0.2, 0) is 10.5 Å². The number of amides is 1. The summed E-state index contributed by atoms with van der Waals surface area (Å²) >= 11 is 4.47. The number of halogens is 4. The van der Waals surface area contributed by atoms with Crippen molar-refractivity contribution in [1.29, 1.82) is 0 Å². The van der Waals surface area contributed by atoms with E-state index in [4.69, 9.17) is 0 Å². The van der Waals surface area contributed by atoms with Crippen LogP contribution in [0.25, 0.3) is 0 Å². The van der Waals surface area contributed by atoms with Crippen molar-refractivity contribution in [2.75, 3.05) is 5.75 Å². The van der Waals surface area contributed by atoms with Gasteiger partial charge in [-0.25, -0.2) is 0 Å². The molecule has 23 heavy (non-hydrogen) atoms. The molecule has 1 atom stereocenters. The van der Waals surface area contributed by atoms with Crippen LogP contribution < -0.4 is 0 Å². The Morgan fingerprint density at radius 1 is 1.43 bits per heavy atom. The summed E-state index contributed by atoms with van der Waals surface area (Å²) in [6.45, 7) is 1.35. The van der Waals surface area contributed by atoms with Crippen molar-refractivity contribution in [2.45, 2.75) is 31.0 Å². The van der Waals surface area contributed by atoms with E-state index < -0.39 is 24.2 Å². The highest BCUT2D eigenvalue weighted by Crippen LogP contribution is 2.40. The number of alkyl halides is 3. The standard InChI is InChI=1S/C14H14BrF3N2O2S/c1-9-6-13(22,14(16,17)18)20(19-9)12(21)8-23-7-10-2-4-11(15)5-3-10/h2-5,22H,6-8H2,1H3/t13-/m1/s1. The van der Waals surface area contributed by atoms with E-state index in [9.17, 15) is 23.1 Å². The number of hydrazone groups is 1. The largest absolute Gasteiger partial charge is 0.438 e. The summed E-state index contributed by atoms with van der Waals surface area (Å²) in [6, 6.07) is 7.39. The maximum Gasteiger partial charge on any atom is 0.438 e. The van der Waals surface area contributed by atoms with Gasteiger partial charge in [0.05, 0.1) is 5.75 Å². The van der Waals surface area contributed by atoms with Crippen molar-refractivity contribution in [3.8, 4) is 0 Å². The minimum atomic E-state index is -4.96. The average Bonchev–Trinajstić information content (AvgIpc) is 2.77. The summed E-state index contributed by atoms with van der Waals surface area (Å²) in [5, 5.41) is 13.5. The second kappa shape index (κ2) is 6.82. The number of thioether (sulfide) groups is 1. The van der Waals surface area contributed by atoms with Gasteiger partial charge in [0.15, 0.2) is 0 Å². The molecule has 0 saturated carbocycles. The van der Waals surface area contributed by atoms with E-state index in [0.717, 1.165) is 10.0 Å². The summed E-state index contributed by atoms with van der Waals surface area (Å²) in [5.74, 6) is -0.602. The SMILES string of the molecule is CC1=NN(C(=O)CSCc2ccc(Br)cc2)[C@](O)(C(F)(F)F)C1. The molecular weight excluding hydrogens is 397 g/mol. The molecule has 1 heterocycles. The molecule has 0 spiro atoms. The molecule has 0 bridgehead atoms. The van der Waals surface area contributed by atoms with Gasteiger partial charge in [-0.15, -0.1) is 11.8 Å². The summed E-state index contributed by atoms with van der Waals surface area (Å²) in [4.78, 5) is 12.0. The molecule has 0 fully saturated rings. The summed E-state index contributed by atoms with van der Waals surface area (Å²) < 4.78 is 40.0. The van der Waals surface area contributed by atoms with E-state index in [1.54, 1.807) is 0 Å². The van der Waals surface area contributed by atoms with Crippen LogP contribution in [0.1, 0.15) is 18.9 Å². The zero-order valence-corrected chi connectivity index (χ0v) is 14.5. The predicted molar refractivity (Wildman–Crippen MR) is 85.9 cm³/mol. The van der Waals surface area contributed by atoms with E-state index in [-0.39, 0.29) is 16.5 Å². The maximum absolute atomic E-state index is 13.0. The monoisotopic (exact) mass is 410 g/mol. The zero-order valence-electron chi connectivity index (χ0n) is 12.1. The minimum absolute atomic E-state index is 0.0658. The van der Waals surface area contributed by atoms with Gasteiger partial charge in [0.2, 0.25) is 0 Å². The molecule has 4 nitrogen and oxygen atoms in total. The van der Waals surface area contributed by atoms with Crippen LogP contribution in [0.4, 0.5) is 13.2 Å². The third-order valence-electron chi connectivity index (χ3n) is 3.22. The van der Waals surface area contributed by atoms with Crippen LogP contribution in [-0.4, -0.2) is 39.4 Å². The molecule has 1 amide bonds. The van der Waals surface area contributed by atoms with E-state index in [1.807, 2.05) is 24.3 Å². The molecule has 0 aliphatic carbocycles. The van der Waals surface area contributed by atoms with E-state index >= 15 is 0 Å². The first kappa shape index (κ1) is 18.3. The first-order valence-electron chi connectivity index (χ1n) is 6.62. The second-order valence-electron chi connectivity index (χ2n) is 5.15. The number of carbonyl (C=O) groups excluding carboxylic acids is 1. The number of rotatable bonds is 4. The van der Waals surface area contributed by atoms with Crippen LogP contribution in [0.3, 0.4) is 0 Å². The fourth-order valence-corrected chi connectivity index (χ4v) is 3.19. The topological polar surface area (TPSA) is 52.9 Å². The van der Waals surface area contributed by atoms with Gasteiger partial charge in [0, 0.05) is 22.4 Å². The molecule has 9 heteroatoms. The van der Waals surface area contributed by atoms with Gasteiger partial charge in [0.25, 0.3) is 11.6 Å². The zero-order chi connectivity index (χ0) is 17.3. The van der Waals surface area contributed by atoms with E-state index in [0.29, 0.717) is 5.75 Å². The van der Waals surface area contributed by atoms with Crippen LogP contribution in [0.15, 0.2) is 33.8 Å². The van der Waals surface area contributed by atoms with Crippen molar-refractivity contribution in [3.05, 3.63) is 34.3 Å². The highest BCUT2D eigenvalue weighted by atomic mass is 79.9. The predicted octanol–water partition coefficient (Wildman–Crippen LogP) is 3.54. The van der Waals surface area contributed by atoms with Crippen LogP contribution in [0, 0.1) is 0 Å². The van der Waals surface area contributed by atoms with Crippen LogP contribution in [0.2, 0.25) is 0 Å². The quantitative estimate of drug-likeness (QED) is 0.825. The number of hydrogen-bond acceptors (Lipinski definition) is 4. The molecule has 1 aromatic carbocycles. The molecule has 0 aromatic heterocycles. The Kier molecular flexibility index (Phi) is 5.42. The lowest BCUT2D eigenvalue weighted by Gasteiger charge is -2.32. The Morgan fingerprint density at radius 2 is 2.04 bits per heavy atom. The van der Waals surface area contributed by atoms with Gasteiger partial charge in [-0.3, -0.25) is 4.79 Å². The summed E-state index contributed by atoms with van der Waals surface area (Å²) in [5.41, 5.74) is -2.24. The molecule has 1 aliphatic heterocycles. The van der Waals surface area contributed by atoms with Crippen molar-refractivity contribution < 1.29 is 23.1 Å². The van der Waals surface area contributed by atoms with E-state index in [1.165, 1.54) is 18.7 Å². The summed E-state index contributed by atoms with van der Waals surface area (Å²) in [6.07, 6.45) is -5.68. The molecule has 1 aliphatic rings. The molecule has 0 unspecified atom stereocenters. The Hall–Kier alpha value is -1.06. The number of carbonyl (C=O) groups is 1. The molecular formula is C14H14BrF3N2O2S. The molecule has 1 aromatic rings. The Morgan fingerprint density at radius 3 is 2.61 bits per heavy atom. The van der Waals surface area contributed by atoms with Crippen LogP contribution in [0.5, 0.6) is 0 Å². The van der Waals surface area contributed by atoms with Gasteiger partial charge < -0.3 is 5.11 Å². The fraction of sp³-hybridized carbons (Fsp3) is 0.429. The fourth-order valence-electron chi connectivity index (χ4n) is 2.10. The lowest BCUT2D eigenvalue weighted by Crippen LogP contribution is -2.57. The van der Waals surface area contributed by atoms with Gasteiger partial charge in [-0.1, -0.05) is 28.1 Å². The third kappa shape index (κ3) is 4.07. The van der Waals surface area contributed by atoms with Crippen molar-refractivity contribution in [2.24, 2.45) is 5.10 Å². The average molecular weight is 411 g/mol. The molecule has 1 N–H and O–H groups in total. The Bertz CT molecular complexity index is 621. The summed E-state index contributed by atoms with van der Waals surface area (Å²) in [7, 11) is 0. The van der Waals surface area contributed by atoms with Crippen molar-refractivity contribution >= 4 is 39.3 Å². The third-order valence-corrected chi connectivity index (χ3v) is 4.74. The second-order valence-corrected chi connectivity index (χ2v) is 7.05. The first-order valence-corrected chi connectivity index (χ1v) is 8.57. The van der Waals surface area contributed by atoms with Crippen molar-refractivity contribution in [3.63, 3.8) is 0 Å². The number of benzene rings is 1. The Labute approximate surface area is 143 Å². The number of nitrogens with zero attached hydrogens (tertiary/aromatic N) is 2. The normalized spacial score (nSPS) is 21.5. The molecule has 2 rings (SSSR count). The van der Waals surface area contributed by atoms with E-state index in [2.05, 4.69) is 21.0 Å². The smallest absolute Gasteiger partial charge is 0.362 e. The molecule has 0 saturated heterocycles. The highest BCUT2D eigenvalue weighted by Gasteiger charge is 2.62. The first-order chi connectivity index (χ1) is 10.6.